The van der Waals surface area contributed by atoms with E-state index in [2.05, 4.69) is 16.5 Å². The highest BCUT2D eigenvalue weighted by Crippen LogP contribution is 2.31. The molecule has 152 valence electrons. The number of para-hydroxylation sites is 2. The van der Waals surface area contributed by atoms with Crippen molar-refractivity contribution in [3.63, 3.8) is 0 Å². The first-order valence-corrected chi connectivity index (χ1v) is 11.4. The molecular formula is C22H30N2O3S. The second-order valence-corrected chi connectivity index (χ2v) is 9.10. The van der Waals surface area contributed by atoms with Crippen molar-refractivity contribution in [3.8, 4) is 0 Å². The standard InChI is InChI=1S/C22H30N2O3S/c1-4-15-27-19-11-13-24(14-12-19)21-8-6-5-7-20(21)23-28(25,26)22-10-9-17(2)16-18(22)3/h5-10,16,19,23H,4,11-15H2,1-3H3. The van der Waals surface area contributed by atoms with Gasteiger partial charge in [0.2, 0.25) is 0 Å². The number of hydrogen-bond donors (Lipinski definition) is 1. The van der Waals surface area contributed by atoms with E-state index >= 15 is 0 Å². The highest BCUT2D eigenvalue weighted by molar-refractivity contribution is 7.92. The van der Waals surface area contributed by atoms with Crippen LogP contribution < -0.4 is 9.62 Å². The van der Waals surface area contributed by atoms with Crippen molar-refractivity contribution in [2.45, 2.75) is 51.0 Å². The molecule has 0 atom stereocenters. The van der Waals surface area contributed by atoms with Gasteiger partial charge in [-0.2, -0.15) is 0 Å². The number of rotatable bonds is 7. The fourth-order valence-corrected chi connectivity index (χ4v) is 4.99. The van der Waals surface area contributed by atoms with Crippen LogP contribution in [0, 0.1) is 13.8 Å². The number of nitrogens with zero attached hydrogens (tertiary/aromatic N) is 1. The summed E-state index contributed by atoms with van der Waals surface area (Å²) >= 11 is 0. The average molecular weight is 403 g/mol. The minimum atomic E-state index is -3.65. The topological polar surface area (TPSA) is 58.6 Å². The maximum absolute atomic E-state index is 13.0. The van der Waals surface area contributed by atoms with Crippen LogP contribution in [0.2, 0.25) is 0 Å². The SMILES string of the molecule is CCCOC1CCN(c2ccccc2NS(=O)(=O)c2ccc(C)cc2C)CC1. The predicted molar refractivity (Wildman–Crippen MR) is 115 cm³/mol. The number of ether oxygens (including phenoxy) is 1. The molecule has 0 radical (unpaired) electrons. The first-order valence-electron chi connectivity index (χ1n) is 9.96. The van der Waals surface area contributed by atoms with Crippen LogP contribution in [0.5, 0.6) is 0 Å². The summed E-state index contributed by atoms with van der Waals surface area (Å²) in [4.78, 5) is 2.56. The lowest BCUT2D eigenvalue weighted by atomic mass is 10.1. The molecular weight excluding hydrogens is 372 g/mol. The second kappa shape index (κ2) is 8.97. The number of anilines is 2. The van der Waals surface area contributed by atoms with Crippen LogP contribution in [0.25, 0.3) is 0 Å². The molecule has 5 nitrogen and oxygen atoms in total. The molecule has 2 aromatic rings. The fraction of sp³-hybridized carbons (Fsp3) is 0.455. The summed E-state index contributed by atoms with van der Waals surface area (Å²) in [5.41, 5.74) is 3.34. The molecule has 1 N–H and O–H groups in total. The molecule has 0 amide bonds. The van der Waals surface area contributed by atoms with Gasteiger partial charge in [0.25, 0.3) is 10.0 Å². The first kappa shape index (κ1) is 20.7. The molecule has 0 aromatic heterocycles. The third-order valence-electron chi connectivity index (χ3n) is 5.11. The Kier molecular flexibility index (Phi) is 6.62. The van der Waals surface area contributed by atoms with Gasteiger partial charge in [-0.1, -0.05) is 36.8 Å². The van der Waals surface area contributed by atoms with E-state index in [9.17, 15) is 8.42 Å². The highest BCUT2D eigenvalue weighted by Gasteiger charge is 2.23. The van der Waals surface area contributed by atoms with Crippen LogP contribution in [0.4, 0.5) is 11.4 Å². The largest absolute Gasteiger partial charge is 0.378 e. The van der Waals surface area contributed by atoms with Gasteiger partial charge in [-0.05, 0) is 56.9 Å². The van der Waals surface area contributed by atoms with E-state index < -0.39 is 10.0 Å². The van der Waals surface area contributed by atoms with E-state index in [0.29, 0.717) is 16.7 Å². The van der Waals surface area contributed by atoms with Crippen LogP contribution in [0.15, 0.2) is 47.4 Å². The Morgan fingerprint density at radius 1 is 1.11 bits per heavy atom. The molecule has 3 rings (SSSR count). The third-order valence-corrected chi connectivity index (χ3v) is 6.63. The van der Waals surface area contributed by atoms with Crippen molar-refractivity contribution >= 4 is 21.4 Å². The quantitative estimate of drug-likeness (QED) is 0.741. The summed E-state index contributed by atoms with van der Waals surface area (Å²) in [5.74, 6) is 0. The van der Waals surface area contributed by atoms with Gasteiger partial charge < -0.3 is 9.64 Å². The van der Waals surface area contributed by atoms with Gasteiger partial charge in [0.15, 0.2) is 0 Å². The van der Waals surface area contributed by atoms with Crippen molar-refractivity contribution in [1.82, 2.24) is 0 Å². The Hall–Kier alpha value is -2.05. The average Bonchev–Trinajstić information content (AvgIpc) is 2.66. The van der Waals surface area contributed by atoms with Gasteiger partial charge in [-0.25, -0.2) is 8.42 Å². The number of benzene rings is 2. The summed E-state index contributed by atoms with van der Waals surface area (Å²) in [6, 6.07) is 13.0. The van der Waals surface area contributed by atoms with Crippen molar-refractivity contribution in [2.24, 2.45) is 0 Å². The first-order chi connectivity index (χ1) is 13.4. The second-order valence-electron chi connectivity index (χ2n) is 7.45. The van der Waals surface area contributed by atoms with E-state index in [4.69, 9.17) is 4.74 Å². The molecule has 28 heavy (non-hydrogen) atoms. The van der Waals surface area contributed by atoms with Gasteiger partial charge in [0, 0.05) is 19.7 Å². The van der Waals surface area contributed by atoms with E-state index in [0.717, 1.165) is 55.8 Å². The summed E-state index contributed by atoms with van der Waals surface area (Å²) in [5, 5.41) is 0. The van der Waals surface area contributed by atoms with Crippen molar-refractivity contribution in [1.29, 1.82) is 0 Å². The Morgan fingerprint density at radius 2 is 1.82 bits per heavy atom. The lowest BCUT2D eigenvalue weighted by molar-refractivity contribution is 0.0375. The van der Waals surface area contributed by atoms with Gasteiger partial charge in [0.1, 0.15) is 0 Å². The predicted octanol–water partition coefficient (Wildman–Crippen LogP) is 4.50. The minimum absolute atomic E-state index is 0.301. The van der Waals surface area contributed by atoms with Gasteiger partial charge in [0.05, 0.1) is 22.4 Å². The maximum Gasteiger partial charge on any atom is 0.262 e. The maximum atomic E-state index is 13.0. The lowest BCUT2D eigenvalue weighted by Crippen LogP contribution is -2.37. The summed E-state index contributed by atoms with van der Waals surface area (Å²) in [6.07, 6.45) is 3.25. The molecule has 2 aromatic carbocycles. The van der Waals surface area contributed by atoms with Crippen LogP contribution in [-0.2, 0) is 14.8 Å². The van der Waals surface area contributed by atoms with Crippen LogP contribution in [-0.4, -0.2) is 34.2 Å². The van der Waals surface area contributed by atoms with Crippen LogP contribution >= 0.6 is 0 Å². The Bertz CT molecular complexity index is 904. The molecule has 1 aliphatic rings. The summed E-state index contributed by atoms with van der Waals surface area (Å²) < 4.78 is 34.7. The molecule has 1 fully saturated rings. The van der Waals surface area contributed by atoms with E-state index in [1.807, 2.05) is 50.2 Å². The van der Waals surface area contributed by atoms with E-state index in [1.54, 1.807) is 6.07 Å². The molecule has 1 saturated heterocycles. The lowest BCUT2D eigenvalue weighted by Gasteiger charge is -2.34. The summed E-state index contributed by atoms with van der Waals surface area (Å²) in [7, 11) is -3.65. The Balaban J connectivity index is 1.77. The van der Waals surface area contributed by atoms with E-state index in [-0.39, 0.29) is 0 Å². The Morgan fingerprint density at radius 3 is 2.50 bits per heavy atom. The molecule has 0 unspecified atom stereocenters. The normalized spacial score (nSPS) is 15.6. The van der Waals surface area contributed by atoms with E-state index in [1.165, 1.54) is 0 Å². The monoisotopic (exact) mass is 402 g/mol. The van der Waals surface area contributed by atoms with Gasteiger partial charge in [-0.3, -0.25) is 4.72 Å². The van der Waals surface area contributed by atoms with Gasteiger partial charge in [-0.15, -0.1) is 0 Å². The number of piperidine rings is 1. The number of nitrogens with one attached hydrogen (secondary N) is 1. The summed E-state index contributed by atoms with van der Waals surface area (Å²) in [6.45, 7) is 8.42. The van der Waals surface area contributed by atoms with Crippen molar-refractivity contribution in [3.05, 3.63) is 53.6 Å². The molecule has 1 aliphatic heterocycles. The number of sulfonamides is 1. The number of aryl methyl sites for hydroxylation is 2. The molecule has 0 aliphatic carbocycles. The third kappa shape index (κ3) is 4.86. The van der Waals surface area contributed by atoms with Crippen molar-refractivity contribution in [2.75, 3.05) is 29.3 Å². The smallest absolute Gasteiger partial charge is 0.262 e. The van der Waals surface area contributed by atoms with Crippen LogP contribution in [0.1, 0.15) is 37.3 Å². The molecule has 0 spiro atoms. The van der Waals surface area contributed by atoms with Crippen molar-refractivity contribution < 1.29 is 13.2 Å². The minimum Gasteiger partial charge on any atom is -0.378 e. The van der Waals surface area contributed by atoms with Gasteiger partial charge >= 0.3 is 0 Å². The zero-order valence-electron chi connectivity index (χ0n) is 16.9. The van der Waals surface area contributed by atoms with Crippen LogP contribution in [0.3, 0.4) is 0 Å². The Labute approximate surface area is 168 Å². The fourth-order valence-electron chi connectivity index (χ4n) is 3.68. The highest BCUT2D eigenvalue weighted by atomic mass is 32.2. The number of hydrogen-bond acceptors (Lipinski definition) is 4. The zero-order chi connectivity index (χ0) is 20.1. The molecule has 0 saturated carbocycles. The molecule has 0 bridgehead atoms. The molecule has 6 heteroatoms. The molecule has 1 heterocycles. The zero-order valence-corrected chi connectivity index (χ0v) is 17.8.